The molecular formula is C16H16N4O2S. The van der Waals surface area contributed by atoms with Gasteiger partial charge in [0.25, 0.3) is 5.91 Å². The van der Waals surface area contributed by atoms with Gasteiger partial charge >= 0.3 is 0 Å². The molecule has 2 amide bonds. The van der Waals surface area contributed by atoms with Gasteiger partial charge in [-0.3, -0.25) is 14.6 Å². The van der Waals surface area contributed by atoms with Crippen molar-refractivity contribution in [2.75, 3.05) is 6.54 Å². The molecule has 0 aliphatic carbocycles. The lowest BCUT2D eigenvalue weighted by molar-refractivity contribution is -0.129. The Bertz CT molecular complexity index is 719. The van der Waals surface area contributed by atoms with Crippen molar-refractivity contribution in [2.24, 2.45) is 0 Å². The first-order chi connectivity index (χ1) is 11.2. The average Bonchev–Trinajstić information content (AvgIpc) is 3.27. The normalized spacial score (nSPS) is 23.4. The van der Waals surface area contributed by atoms with Crippen molar-refractivity contribution >= 4 is 23.2 Å². The van der Waals surface area contributed by atoms with Crippen LogP contribution in [-0.4, -0.2) is 50.2 Å². The molecule has 0 radical (unpaired) electrons. The van der Waals surface area contributed by atoms with Gasteiger partial charge in [-0.05, 0) is 24.1 Å². The highest BCUT2D eigenvalue weighted by atomic mass is 32.1. The number of aromatic nitrogens is 2. The molecule has 0 N–H and O–H groups in total. The van der Waals surface area contributed by atoms with Gasteiger partial charge in [0.2, 0.25) is 5.91 Å². The standard InChI is InChI=1S/C16H16N4O2S/c21-15-7-14-13(20(15)8-11-1-4-17-5-2-11)3-6-19(14)16(22)12-9-23-10-18-12/h1-2,4-5,9-10,13-14H,3,6-8H2/t13-,14+/m0/s1. The molecule has 2 aliphatic heterocycles. The molecule has 2 fully saturated rings. The molecule has 4 rings (SSSR count). The van der Waals surface area contributed by atoms with E-state index in [1.807, 2.05) is 21.9 Å². The molecule has 7 heteroatoms. The molecule has 118 valence electrons. The highest BCUT2D eigenvalue weighted by molar-refractivity contribution is 7.07. The summed E-state index contributed by atoms with van der Waals surface area (Å²) < 4.78 is 0. The van der Waals surface area contributed by atoms with Crippen LogP contribution in [0.5, 0.6) is 0 Å². The van der Waals surface area contributed by atoms with E-state index in [0.717, 1.165) is 12.0 Å². The zero-order valence-corrected chi connectivity index (χ0v) is 13.3. The quantitative estimate of drug-likeness (QED) is 0.857. The van der Waals surface area contributed by atoms with E-state index >= 15 is 0 Å². The summed E-state index contributed by atoms with van der Waals surface area (Å²) in [4.78, 5) is 36.8. The second kappa shape index (κ2) is 5.73. The molecule has 0 saturated carbocycles. The molecular weight excluding hydrogens is 312 g/mol. The van der Waals surface area contributed by atoms with Crippen LogP contribution in [0, 0.1) is 0 Å². The Morgan fingerprint density at radius 1 is 1.30 bits per heavy atom. The van der Waals surface area contributed by atoms with E-state index in [-0.39, 0.29) is 23.9 Å². The van der Waals surface area contributed by atoms with Crippen LogP contribution in [0.1, 0.15) is 28.9 Å². The maximum absolute atomic E-state index is 12.6. The fraction of sp³-hybridized carbons (Fsp3) is 0.375. The minimum Gasteiger partial charge on any atom is -0.333 e. The Kier molecular flexibility index (Phi) is 3.57. The minimum atomic E-state index is -0.0580. The minimum absolute atomic E-state index is 0.0291. The van der Waals surface area contributed by atoms with E-state index in [1.165, 1.54) is 11.3 Å². The number of rotatable bonds is 3. The van der Waals surface area contributed by atoms with Crippen LogP contribution in [0.2, 0.25) is 0 Å². The zero-order chi connectivity index (χ0) is 15.8. The lowest BCUT2D eigenvalue weighted by atomic mass is 10.1. The van der Waals surface area contributed by atoms with E-state index in [9.17, 15) is 9.59 Å². The van der Waals surface area contributed by atoms with Crippen LogP contribution in [-0.2, 0) is 11.3 Å². The Morgan fingerprint density at radius 3 is 2.87 bits per heavy atom. The van der Waals surface area contributed by atoms with Gasteiger partial charge in [-0.1, -0.05) is 0 Å². The summed E-state index contributed by atoms with van der Waals surface area (Å²) in [7, 11) is 0. The third kappa shape index (κ3) is 2.50. The second-order valence-corrected chi connectivity index (χ2v) is 6.60. The van der Waals surface area contributed by atoms with Gasteiger partial charge in [0, 0.05) is 37.3 Å². The van der Waals surface area contributed by atoms with Gasteiger partial charge in [0.05, 0.1) is 17.6 Å². The van der Waals surface area contributed by atoms with Crippen molar-refractivity contribution in [1.82, 2.24) is 19.8 Å². The van der Waals surface area contributed by atoms with Crippen molar-refractivity contribution in [3.05, 3.63) is 46.7 Å². The summed E-state index contributed by atoms with van der Waals surface area (Å²) in [6, 6.07) is 3.93. The van der Waals surface area contributed by atoms with E-state index in [0.29, 0.717) is 25.2 Å². The first kappa shape index (κ1) is 14.3. The van der Waals surface area contributed by atoms with Crippen molar-refractivity contribution in [2.45, 2.75) is 31.5 Å². The van der Waals surface area contributed by atoms with E-state index in [1.54, 1.807) is 23.3 Å². The number of amides is 2. The Labute approximate surface area is 137 Å². The molecule has 0 unspecified atom stereocenters. The summed E-state index contributed by atoms with van der Waals surface area (Å²) >= 11 is 1.41. The molecule has 2 saturated heterocycles. The first-order valence-corrected chi connectivity index (χ1v) is 8.56. The molecule has 2 aromatic rings. The monoisotopic (exact) mass is 328 g/mol. The summed E-state index contributed by atoms with van der Waals surface area (Å²) in [5, 5.41) is 1.77. The molecule has 2 aliphatic rings. The molecule has 0 spiro atoms. The van der Waals surface area contributed by atoms with Crippen LogP contribution in [0.25, 0.3) is 0 Å². The summed E-state index contributed by atoms with van der Waals surface area (Å²) in [6.07, 6.45) is 4.71. The third-order valence-electron chi connectivity index (χ3n) is 4.63. The molecule has 23 heavy (non-hydrogen) atoms. The van der Waals surface area contributed by atoms with Gasteiger partial charge in [0.1, 0.15) is 5.69 Å². The first-order valence-electron chi connectivity index (χ1n) is 7.61. The van der Waals surface area contributed by atoms with Gasteiger partial charge in [-0.15, -0.1) is 11.3 Å². The molecule has 2 atom stereocenters. The van der Waals surface area contributed by atoms with Gasteiger partial charge in [-0.2, -0.15) is 0 Å². The largest absolute Gasteiger partial charge is 0.333 e. The van der Waals surface area contributed by atoms with Crippen molar-refractivity contribution in [3.8, 4) is 0 Å². The highest BCUT2D eigenvalue weighted by Crippen LogP contribution is 2.34. The number of hydrogen-bond donors (Lipinski definition) is 0. The lowest BCUT2D eigenvalue weighted by Crippen LogP contribution is -2.39. The third-order valence-corrected chi connectivity index (χ3v) is 5.22. The Balaban J connectivity index is 1.52. The number of pyridine rings is 1. The van der Waals surface area contributed by atoms with Gasteiger partial charge < -0.3 is 9.80 Å². The predicted molar refractivity (Wildman–Crippen MR) is 84.7 cm³/mol. The fourth-order valence-electron chi connectivity index (χ4n) is 3.54. The van der Waals surface area contributed by atoms with Crippen molar-refractivity contribution in [3.63, 3.8) is 0 Å². The fourth-order valence-corrected chi connectivity index (χ4v) is 4.06. The summed E-state index contributed by atoms with van der Waals surface area (Å²) in [6.45, 7) is 1.27. The lowest BCUT2D eigenvalue weighted by Gasteiger charge is -2.25. The number of likely N-dealkylation sites (tertiary alicyclic amines) is 2. The maximum atomic E-state index is 12.6. The Hall–Kier alpha value is -2.28. The van der Waals surface area contributed by atoms with Crippen molar-refractivity contribution in [1.29, 1.82) is 0 Å². The average molecular weight is 328 g/mol. The Morgan fingerprint density at radius 2 is 2.13 bits per heavy atom. The number of carbonyl (C=O) groups is 2. The van der Waals surface area contributed by atoms with Gasteiger partial charge in [-0.25, -0.2) is 4.98 Å². The van der Waals surface area contributed by atoms with Crippen LogP contribution in [0.4, 0.5) is 0 Å². The van der Waals surface area contributed by atoms with E-state index in [4.69, 9.17) is 0 Å². The van der Waals surface area contributed by atoms with Crippen LogP contribution in [0.3, 0.4) is 0 Å². The molecule has 2 aromatic heterocycles. The number of thiazole rings is 1. The number of fused-ring (bicyclic) bond motifs is 1. The van der Waals surface area contributed by atoms with E-state index in [2.05, 4.69) is 9.97 Å². The van der Waals surface area contributed by atoms with Gasteiger partial charge in [0.15, 0.2) is 0 Å². The second-order valence-electron chi connectivity index (χ2n) is 5.88. The molecule has 0 bridgehead atoms. The molecule has 6 nitrogen and oxygen atoms in total. The van der Waals surface area contributed by atoms with E-state index < -0.39 is 0 Å². The van der Waals surface area contributed by atoms with Crippen LogP contribution in [0.15, 0.2) is 35.4 Å². The molecule has 0 aromatic carbocycles. The number of nitrogens with zero attached hydrogens (tertiary/aromatic N) is 4. The zero-order valence-electron chi connectivity index (χ0n) is 12.5. The highest BCUT2D eigenvalue weighted by Gasteiger charge is 2.48. The topological polar surface area (TPSA) is 66.4 Å². The molecule has 4 heterocycles. The predicted octanol–water partition coefficient (Wildman–Crippen LogP) is 1.55. The summed E-state index contributed by atoms with van der Waals surface area (Å²) in [5.41, 5.74) is 3.21. The number of carbonyl (C=O) groups excluding carboxylic acids is 2. The van der Waals surface area contributed by atoms with Crippen LogP contribution >= 0.6 is 11.3 Å². The SMILES string of the molecule is O=C(c1cscn1)N1CC[C@H]2[C@H]1CC(=O)N2Cc1ccncc1. The van der Waals surface area contributed by atoms with Crippen molar-refractivity contribution < 1.29 is 9.59 Å². The number of hydrogen-bond acceptors (Lipinski definition) is 5. The maximum Gasteiger partial charge on any atom is 0.273 e. The van der Waals surface area contributed by atoms with Crippen LogP contribution < -0.4 is 0 Å². The summed E-state index contributed by atoms with van der Waals surface area (Å²) in [5.74, 6) is 0.0601. The smallest absolute Gasteiger partial charge is 0.273 e.